The van der Waals surface area contributed by atoms with Gasteiger partial charge >= 0.3 is 0 Å². The van der Waals surface area contributed by atoms with E-state index < -0.39 is 6.04 Å². The van der Waals surface area contributed by atoms with Crippen molar-refractivity contribution in [3.05, 3.63) is 35.9 Å². The van der Waals surface area contributed by atoms with Gasteiger partial charge in [0.1, 0.15) is 12.6 Å². The number of carbonyl (C=O) groups excluding carboxylic acids is 2. The fraction of sp³-hybridized carbons (Fsp3) is 0.529. The normalized spacial score (nSPS) is 23.2. The van der Waals surface area contributed by atoms with Crippen LogP contribution in [-0.4, -0.2) is 79.0 Å². The standard InChI is InChI=1S/C17H23N3O3/c1-18-7-9-19(10-8-18)17(22)15-12-23-13-16(21)20(15)11-14-5-3-2-4-6-14/h2-6,15H,7-13H2,1H3/t15-/m0/s1. The van der Waals surface area contributed by atoms with Crippen LogP contribution in [0.2, 0.25) is 0 Å². The molecule has 23 heavy (non-hydrogen) atoms. The molecule has 2 saturated heterocycles. The second-order valence-electron chi connectivity index (χ2n) is 6.17. The van der Waals surface area contributed by atoms with Gasteiger partial charge in [-0.2, -0.15) is 0 Å². The minimum atomic E-state index is -0.514. The van der Waals surface area contributed by atoms with Crippen molar-refractivity contribution < 1.29 is 14.3 Å². The number of carbonyl (C=O) groups is 2. The van der Waals surface area contributed by atoms with E-state index >= 15 is 0 Å². The quantitative estimate of drug-likeness (QED) is 0.798. The summed E-state index contributed by atoms with van der Waals surface area (Å²) in [7, 11) is 2.05. The molecule has 2 fully saturated rings. The number of hydrogen-bond donors (Lipinski definition) is 0. The highest BCUT2D eigenvalue weighted by Crippen LogP contribution is 2.16. The Balaban J connectivity index is 1.72. The summed E-state index contributed by atoms with van der Waals surface area (Å²) in [4.78, 5) is 30.8. The lowest BCUT2D eigenvalue weighted by molar-refractivity contribution is -0.160. The number of nitrogens with zero attached hydrogens (tertiary/aromatic N) is 3. The smallest absolute Gasteiger partial charge is 0.249 e. The van der Waals surface area contributed by atoms with Gasteiger partial charge < -0.3 is 19.4 Å². The maximum absolute atomic E-state index is 12.8. The van der Waals surface area contributed by atoms with E-state index in [0.29, 0.717) is 19.6 Å². The molecule has 2 amide bonds. The molecule has 0 aliphatic carbocycles. The predicted molar refractivity (Wildman–Crippen MR) is 85.7 cm³/mol. The second kappa shape index (κ2) is 7.10. The van der Waals surface area contributed by atoms with Crippen LogP contribution in [0.25, 0.3) is 0 Å². The number of rotatable bonds is 3. The summed E-state index contributed by atoms with van der Waals surface area (Å²) in [6.07, 6.45) is 0. The van der Waals surface area contributed by atoms with E-state index in [4.69, 9.17) is 4.74 Å². The van der Waals surface area contributed by atoms with Crippen LogP contribution in [0.5, 0.6) is 0 Å². The third kappa shape index (κ3) is 3.71. The van der Waals surface area contributed by atoms with Crippen LogP contribution in [0, 0.1) is 0 Å². The average Bonchev–Trinajstić information content (AvgIpc) is 2.58. The fourth-order valence-corrected chi connectivity index (χ4v) is 3.03. The Morgan fingerprint density at radius 3 is 2.57 bits per heavy atom. The maximum atomic E-state index is 12.8. The van der Waals surface area contributed by atoms with Gasteiger partial charge in [-0.25, -0.2) is 0 Å². The fourth-order valence-electron chi connectivity index (χ4n) is 3.03. The number of likely N-dealkylation sites (N-methyl/N-ethyl adjacent to an activating group) is 1. The summed E-state index contributed by atoms with van der Waals surface area (Å²) >= 11 is 0. The number of benzene rings is 1. The van der Waals surface area contributed by atoms with Crippen LogP contribution >= 0.6 is 0 Å². The zero-order chi connectivity index (χ0) is 16.2. The number of hydrogen-bond acceptors (Lipinski definition) is 4. The molecular weight excluding hydrogens is 294 g/mol. The Morgan fingerprint density at radius 2 is 1.87 bits per heavy atom. The van der Waals surface area contributed by atoms with Crippen LogP contribution in [0.1, 0.15) is 5.56 Å². The zero-order valence-corrected chi connectivity index (χ0v) is 13.5. The lowest BCUT2D eigenvalue weighted by atomic mass is 10.1. The predicted octanol–water partition coefficient (Wildman–Crippen LogP) is 0.188. The first-order valence-electron chi connectivity index (χ1n) is 8.03. The lowest BCUT2D eigenvalue weighted by Crippen LogP contribution is -2.59. The number of piperazine rings is 1. The highest BCUT2D eigenvalue weighted by Gasteiger charge is 2.37. The van der Waals surface area contributed by atoms with Gasteiger partial charge in [-0.05, 0) is 12.6 Å². The molecular formula is C17H23N3O3. The van der Waals surface area contributed by atoms with Crippen molar-refractivity contribution in [2.45, 2.75) is 12.6 Å². The third-order valence-electron chi connectivity index (χ3n) is 4.49. The molecule has 1 aromatic rings. The van der Waals surface area contributed by atoms with Crippen molar-refractivity contribution in [2.24, 2.45) is 0 Å². The lowest BCUT2D eigenvalue weighted by Gasteiger charge is -2.40. The highest BCUT2D eigenvalue weighted by atomic mass is 16.5. The molecule has 0 spiro atoms. The molecule has 0 N–H and O–H groups in total. The molecule has 1 atom stereocenters. The molecule has 0 aromatic heterocycles. The van der Waals surface area contributed by atoms with Crippen molar-refractivity contribution in [1.82, 2.24) is 14.7 Å². The molecule has 0 unspecified atom stereocenters. The van der Waals surface area contributed by atoms with E-state index in [2.05, 4.69) is 11.9 Å². The largest absolute Gasteiger partial charge is 0.369 e. The summed E-state index contributed by atoms with van der Waals surface area (Å²) in [5.74, 6) is -0.116. The molecule has 6 heteroatoms. The molecule has 0 saturated carbocycles. The molecule has 1 aromatic carbocycles. The summed E-state index contributed by atoms with van der Waals surface area (Å²) in [5.41, 5.74) is 1.03. The zero-order valence-electron chi connectivity index (χ0n) is 13.5. The van der Waals surface area contributed by atoms with Gasteiger partial charge in [0.15, 0.2) is 0 Å². The first-order valence-corrected chi connectivity index (χ1v) is 8.03. The van der Waals surface area contributed by atoms with Crippen LogP contribution in [0.3, 0.4) is 0 Å². The van der Waals surface area contributed by atoms with Gasteiger partial charge in [0, 0.05) is 32.7 Å². The molecule has 3 rings (SSSR count). The summed E-state index contributed by atoms with van der Waals surface area (Å²) in [6, 6.07) is 9.26. The summed E-state index contributed by atoms with van der Waals surface area (Å²) < 4.78 is 5.35. The Morgan fingerprint density at radius 1 is 1.17 bits per heavy atom. The van der Waals surface area contributed by atoms with Crippen LogP contribution < -0.4 is 0 Å². The van der Waals surface area contributed by atoms with E-state index in [1.165, 1.54) is 0 Å². The number of ether oxygens (including phenoxy) is 1. The minimum Gasteiger partial charge on any atom is -0.369 e. The highest BCUT2D eigenvalue weighted by molar-refractivity contribution is 5.89. The number of amides is 2. The molecule has 0 radical (unpaired) electrons. The first kappa shape index (κ1) is 16.0. The molecule has 2 heterocycles. The van der Waals surface area contributed by atoms with Crippen molar-refractivity contribution >= 4 is 11.8 Å². The molecule has 6 nitrogen and oxygen atoms in total. The van der Waals surface area contributed by atoms with E-state index in [-0.39, 0.29) is 25.0 Å². The Hall–Kier alpha value is -1.92. The first-order chi connectivity index (χ1) is 11.1. The third-order valence-corrected chi connectivity index (χ3v) is 4.49. The van der Waals surface area contributed by atoms with Gasteiger partial charge in [0.2, 0.25) is 11.8 Å². The Kier molecular flexibility index (Phi) is 4.93. The van der Waals surface area contributed by atoms with E-state index in [9.17, 15) is 9.59 Å². The van der Waals surface area contributed by atoms with Gasteiger partial charge in [0.05, 0.1) is 6.61 Å². The SMILES string of the molecule is CN1CCN(C(=O)[C@@H]2COCC(=O)N2Cc2ccccc2)CC1. The Bertz CT molecular complexity index is 555. The van der Waals surface area contributed by atoms with Crippen molar-refractivity contribution in [1.29, 1.82) is 0 Å². The average molecular weight is 317 g/mol. The monoisotopic (exact) mass is 317 g/mol. The summed E-state index contributed by atoms with van der Waals surface area (Å²) in [5, 5.41) is 0. The summed E-state index contributed by atoms with van der Waals surface area (Å²) in [6.45, 7) is 3.94. The van der Waals surface area contributed by atoms with Crippen LogP contribution in [0.15, 0.2) is 30.3 Å². The van der Waals surface area contributed by atoms with Crippen molar-refractivity contribution in [3.63, 3.8) is 0 Å². The Labute approximate surface area is 136 Å². The van der Waals surface area contributed by atoms with Gasteiger partial charge in [-0.15, -0.1) is 0 Å². The molecule has 124 valence electrons. The van der Waals surface area contributed by atoms with Gasteiger partial charge in [0.25, 0.3) is 0 Å². The van der Waals surface area contributed by atoms with Gasteiger partial charge in [-0.1, -0.05) is 30.3 Å². The maximum Gasteiger partial charge on any atom is 0.249 e. The van der Waals surface area contributed by atoms with Crippen LogP contribution in [0.4, 0.5) is 0 Å². The van der Waals surface area contributed by atoms with Crippen molar-refractivity contribution in [2.75, 3.05) is 46.4 Å². The minimum absolute atomic E-state index is 0.00193. The van der Waals surface area contributed by atoms with Crippen molar-refractivity contribution in [3.8, 4) is 0 Å². The molecule has 2 aliphatic rings. The van der Waals surface area contributed by atoms with Crippen LogP contribution in [-0.2, 0) is 20.9 Å². The topological polar surface area (TPSA) is 53.1 Å². The molecule has 0 bridgehead atoms. The van der Waals surface area contributed by atoms with Gasteiger partial charge in [-0.3, -0.25) is 9.59 Å². The number of morpholine rings is 1. The second-order valence-corrected chi connectivity index (χ2v) is 6.17. The van der Waals surface area contributed by atoms with E-state index in [1.54, 1.807) is 4.90 Å². The van der Waals surface area contributed by atoms with E-state index in [0.717, 1.165) is 18.7 Å². The van der Waals surface area contributed by atoms with E-state index in [1.807, 2.05) is 35.2 Å². The molecule has 2 aliphatic heterocycles.